The lowest BCUT2D eigenvalue weighted by atomic mass is 10.0. The molecule has 4 nitrogen and oxygen atoms in total. The molecular weight excluding hydrogens is 288 g/mol. The Bertz CT molecular complexity index is 481. The van der Waals surface area contributed by atoms with Crippen molar-refractivity contribution in [2.24, 2.45) is 5.92 Å². The maximum absolute atomic E-state index is 12.4. The summed E-state index contributed by atoms with van der Waals surface area (Å²) in [6.45, 7) is 6.03. The molecule has 1 aliphatic heterocycles. The predicted octanol–water partition coefficient (Wildman–Crippen LogP) is 2.53. The Kier molecular flexibility index (Phi) is 6.03. The summed E-state index contributed by atoms with van der Waals surface area (Å²) in [5.74, 6) is -0.116. The zero-order valence-electron chi connectivity index (χ0n) is 12.6. The predicted molar refractivity (Wildman–Crippen MR) is 84.4 cm³/mol. The molecule has 1 aromatic carbocycles. The van der Waals surface area contributed by atoms with Gasteiger partial charge in [-0.15, -0.1) is 0 Å². The lowest BCUT2D eigenvalue weighted by molar-refractivity contribution is -0.126. The lowest BCUT2D eigenvalue weighted by Gasteiger charge is -2.22. The van der Waals surface area contributed by atoms with Crippen molar-refractivity contribution in [2.45, 2.75) is 32.4 Å². The third-order valence-corrected chi connectivity index (χ3v) is 4.15. The minimum absolute atomic E-state index is 0.0218. The molecule has 3 atom stereocenters. The van der Waals surface area contributed by atoms with Crippen molar-refractivity contribution in [1.29, 1.82) is 0 Å². The van der Waals surface area contributed by atoms with Crippen LogP contribution in [0, 0.1) is 5.92 Å². The van der Waals surface area contributed by atoms with Crippen molar-refractivity contribution in [1.82, 2.24) is 10.6 Å². The molecule has 1 heterocycles. The molecular formula is C16H23ClN2O2. The highest BCUT2D eigenvalue weighted by Gasteiger charge is 2.34. The zero-order valence-corrected chi connectivity index (χ0v) is 13.3. The van der Waals surface area contributed by atoms with E-state index < -0.39 is 0 Å². The maximum Gasteiger partial charge on any atom is 0.227 e. The van der Waals surface area contributed by atoms with E-state index in [9.17, 15) is 4.79 Å². The third kappa shape index (κ3) is 4.19. The highest BCUT2D eigenvalue weighted by atomic mass is 35.5. The van der Waals surface area contributed by atoms with Gasteiger partial charge in [-0.1, -0.05) is 36.7 Å². The molecule has 0 radical (unpaired) electrons. The molecule has 0 bridgehead atoms. The molecule has 116 valence electrons. The fourth-order valence-electron chi connectivity index (χ4n) is 2.57. The quantitative estimate of drug-likeness (QED) is 0.849. The van der Waals surface area contributed by atoms with Gasteiger partial charge in [-0.25, -0.2) is 0 Å². The summed E-state index contributed by atoms with van der Waals surface area (Å²) in [4.78, 5) is 12.4. The molecule has 0 aromatic heterocycles. The molecule has 2 rings (SSSR count). The highest BCUT2D eigenvalue weighted by Crippen LogP contribution is 2.23. The van der Waals surface area contributed by atoms with Crippen LogP contribution in [0.2, 0.25) is 5.02 Å². The minimum Gasteiger partial charge on any atom is -0.379 e. The van der Waals surface area contributed by atoms with Crippen LogP contribution in [0.25, 0.3) is 0 Å². The molecule has 1 amide bonds. The summed E-state index contributed by atoms with van der Waals surface area (Å²) in [5.41, 5.74) is 0.935. The van der Waals surface area contributed by atoms with E-state index in [-0.39, 0.29) is 23.9 Å². The average molecular weight is 311 g/mol. The number of hydrogen-bond donors (Lipinski definition) is 2. The molecule has 21 heavy (non-hydrogen) atoms. The van der Waals surface area contributed by atoms with E-state index in [2.05, 4.69) is 17.6 Å². The van der Waals surface area contributed by atoms with Crippen LogP contribution in [-0.4, -0.2) is 31.7 Å². The average Bonchev–Trinajstić information content (AvgIpc) is 2.93. The van der Waals surface area contributed by atoms with Gasteiger partial charge in [-0.2, -0.15) is 0 Å². The Morgan fingerprint density at radius 1 is 1.43 bits per heavy atom. The zero-order chi connectivity index (χ0) is 15.2. The van der Waals surface area contributed by atoms with Crippen molar-refractivity contribution in [2.75, 3.05) is 19.8 Å². The van der Waals surface area contributed by atoms with E-state index in [0.717, 1.165) is 18.5 Å². The molecule has 2 N–H and O–H groups in total. The standard InChI is InChI=1S/C16H23ClN2O2/c1-3-8-18-15-10-21-9-13(15)16(20)19-11(2)12-6-4-5-7-14(12)17/h4-7,11,13,15,18H,3,8-10H2,1-2H3,(H,19,20). The number of amides is 1. The molecule has 1 saturated heterocycles. The molecule has 0 aliphatic carbocycles. The van der Waals surface area contributed by atoms with Gasteiger partial charge in [0.2, 0.25) is 5.91 Å². The number of ether oxygens (including phenoxy) is 1. The Labute approximate surface area is 131 Å². The smallest absolute Gasteiger partial charge is 0.227 e. The summed E-state index contributed by atoms with van der Waals surface area (Å²) in [7, 11) is 0. The molecule has 0 spiro atoms. The van der Waals surface area contributed by atoms with Crippen LogP contribution in [-0.2, 0) is 9.53 Å². The van der Waals surface area contributed by atoms with Crippen LogP contribution in [0.4, 0.5) is 0 Å². The van der Waals surface area contributed by atoms with Crippen molar-refractivity contribution in [3.05, 3.63) is 34.9 Å². The summed E-state index contributed by atoms with van der Waals surface area (Å²) >= 11 is 6.17. The number of carbonyl (C=O) groups excluding carboxylic acids is 1. The van der Waals surface area contributed by atoms with Crippen LogP contribution in [0.15, 0.2) is 24.3 Å². The van der Waals surface area contributed by atoms with Crippen molar-refractivity contribution in [3.63, 3.8) is 0 Å². The normalized spacial score (nSPS) is 23.0. The van der Waals surface area contributed by atoms with Gasteiger partial charge >= 0.3 is 0 Å². The molecule has 1 aliphatic rings. The second-order valence-electron chi connectivity index (χ2n) is 5.46. The number of nitrogens with one attached hydrogen (secondary N) is 2. The first kappa shape index (κ1) is 16.3. The van der Waals surface area contributed by atoms with E-state index in [4.69, 9.17) is 16.3 Å². The molecule has 5 heteroatoms. The monoisotopic (exact) mass is 310 g/mol. The summed E-state index contributed by atoms with van der Waals surface area (Å²) in [5, 5.41) is 7.09. The third-order valence-electron chi connectivity index (χ3n) is 3.80. The second-order valence-corrected chi connectivity index (χ2v) is 5.86. The SMILES string of the molecule is CCCNC1COCC1C(=O)NC(C)c1ccccc1Cl. The van der Waals surface area contributed by atoms with Gasteiger partial charge in [-0.05, 0) is 31.5 Å². The van der Waals surface area contributed by atoms with Gasteiger partial charge in [0.05, 0.1) is 25.2 Å². The van der Waals surface area contributed by atoms with Gasteiger partial charge in [-0.3, -0.25) is 4.79 Å². The largest absolute Gasteiger partial charge is 0.379 e. The molecule has 1 aromatic rings. The van der Waals surface area contributed by atoms with E-state index >= 15 is 0 Å². The van der Waals surface area contributed by atoms with Crippen molar-refractivity contribution in [3.8, 4) is 0 Å². The second kappa shape index (κ2) is 7.78. The number of benzene rings is 1. The fraction of sp³-hybridized carbons (Fsp3) is 0.562. The Morgan fingerprint density at radius 2 is 2.19 bits per heavy atom. The fourth-order valence-corrected chi connectivity index (χ4v) is 2.87. The summed E-state index contributed by atoms with van der Waals surface area (Å²) in [6.07, 6.45) is 1.04. The van der Waals surface area contributed by atoms with Gasteiger partial charge in [0, 0.05) is 11.1 Å². The first-order valence-corrected chi connectivity index (χ1v) is 7.87. The molecule has 1 fully saturated rings. The van der Waals surface area contributed by atoms with E-state index in [1.54, 1.807) is 0 Å². The Hall–Kier alpha value is -1.10. The van der Waals surface area contributed by atoms with Crippen LogP contribution in [0.3, 0.4) is 0 Å². The molecule has 0 saturated carbocycles. The Balaban J connectivity index is 1.96. The van der Waals surface area contributed by atoms with Gasteiger partial charge in [0.15, 0.2) is 0 Å². The topological polar surface area (TPSA) is 50.4 Å². The minimum atomic E-state index is -0.138. The van der Waals surface area contributed by atoms with Crippen LogP contribution < -0.4 is 10.6 Å². The van der Waals surface area contributed by atoms with Crippen molar-refractivity contribution < 1.29 is 9.53 Å². The van der Waals surface area contributed by atoms with Crippen LogP contribution >= 0.6 is 11.6 Å². The number of carbonyl (C=O) groups is 1. The van der Waals surface area contributed by atoms with Gasteiger partial charge in [0.1, 0.15) is 0 Å². The molecule has 3 unspecified atom stereocenters. The van der Waals surface area contributed by atoms with E-state index in [1.165, 1.54) is 0 Å². The number of halogens is 1. The first-order valence-electron chi connectivity index (χ1n) is 7.49. The first-order chi connectivity index (χ1) is 10.1. The van der Waals surface area contributed by atoms with Gasteiger partial charge < -0.3 is 15.4 Å². The van der Waals surface area contributed by atoms with E-state index in [0.29, 0.717) is 18.2 Å². The lowest BCUT2D eigenvalue weighted by Crippen LogP contribution is -2.44. The highest BCUT2D eigenvalue weighted by molar-refractivity contribution is 6.31. The summed E-state index contributed by atoms with van der Waals surface area (Å²) < 4.78 is 5.45. The number of rotatable bonds is 6. The van der Waals surface area contributed by atoms with Crippen molar-refractivity contribution >= 4 is 17.5 Å². The number of hydrogen-bond acceptors (Lipinski definition) is 3. The Morgan fingerprint density at radius 3 is 2.90 bits per heavy atom. The van der Waals surface area contributed by atoms with E-state index in [1.807, 2.05) is 31.2 Å². The van der Waals surface area contributed by atoms with Crippen LogP contribution in [0.5, 0.6) is 0 Å². The maximum atomic E-state index is 12.4. The van der Waals surface area contributed by atoms with Crippen LogP contribution in [0.1, 0.15) is 31.9 Å². The van der Waals surface area contributed by atoms with Gasteiger partial charge in [0.25, 0.3) is 0 Å². The summed E-state index contributed by atoms with van der Waals surface area (Å²) in [6, 6.07) is 7.57.